The molecule has 1 aromatic heterocycles. The number of esters is 1. The zero-order chi connectivity index (χ0) is 15.2. The van der Waals surface area contributed by atoms with Crippen LogP contribution in [-0.4, -0.2) is 18.0 Å². The van der Waals surface area contributed by atoms with E-state index in [9.17, 15) is 9.59 Å². The fourth-order valence-electron chi connectivity index (χ4n) is 1.66. The van der Waals surface area contributed by atoms with Gasteiger partial charge in [0.2, 0.25) is 0 Å². The standard InChI is InChI=1S/C15H14ClNO3S/c1-10(20-14(18)9-13-6-3-7-21-13)15(19)17-12-5-2-4-11(16)8-12/h2-8,10H,9H2,1H3,(H,17,19)/t10-/m0/s1. The molecule has 0 saturated carbocycles. The molecule has 21 heavy (non-hydrogen) atoms. The number of halogens is 1. The number of carbonyl (C=O) groups excluding carboxylic acids is 2. The molecule has 0 unspecified atom stereocenters. The minimum absolute atomic E-state index is 0.173. The summed E-state index contributed by atoms with van der Waals surface area (Å²) in [6, 6.07) is 10.5. The van der Waals surface area contributed by atoms with Crippen molar-refractivity contribution in [3.63, 3.8) is 0 Å². The predicted molar refractivity (Wildman–Crippen MR) is 83.7 cm³/mol. The number of benzene rings is 1. The van der Waals surface area contributed by atoms with E-state index in [-0.39, 0.29) is 6.42 Å². The normalized spacial score (nSPS) is 11.7. The summed E-state index contributed by atoms with van der Waals surface area (Å²) in [5, 5.41) is 5.06. The lowest BCUT2D eigenvalue weighted by atomic mass is 10.3. The van der Waals surface area contributed by atoms with Crippen LogP contribution >= 0.6 is 22.9 Å². The van der Waals surface area contributed by atoms with Crippen molar-refractivity contribution in [2.45, 2.75) is 19.4 Å². The Morgan fingerprint density at radius 1 is 1.33 bits per heavy atom. The van der Waals surface area contributed by atoms with Gasteiger partial charge in [-0.05, 0) is 36.6 Å². The number of ether oxygens (including phenoxy) is 1. The number of anilines is 1. The lowest BCUT2D eigenvalue weighted by Gasteiger charge is -2.13. The highest BCUT2D eigenvalue weighted by Crippen LogP contribution is 2.15. The highest BCUT2D eigenvalue weighted by Gasteiger charge is 2.18. The Labute approximate surface area is 131 Å². The summed E-state index contributed by atoms with van der Waals surface area (Å²) in [5.41, 5.74) is 0.564. The van der Waals surface area contributed by atoms with Gasteiger partial charge in [0.05, 0.1) is 6.42 Å². The maximum absolute atomic E-state index is 11.9. The van der Waals surface area contributed by atoms with Gasteiger partial charge in [-0.25, -0.2) is 0 Å². The zero-order valence-electron chi connectivity index (χ0n) is 11.3. The first-order chi connectivity index (χ1) is 10.0. The van der Waals surface area contributed by atoms with E-state index in [1.807, 2.05) is 17.5 Å². The third kappa shape index (κ3) is 4.88. The molecule has 2 rings (SSSR count). The lowest BCUT2D eigenvalue weighted by Crippen LogP contribution is -2.30. The van der Waals surface area contributed by atoms with E-state index in [1.165, 1.54) is 18.3 Å². The molecule has 0 bridgehead atoms. The van der Waals surface area contributed by atoms with E-state index in [1.54, 1.807) is 24.3 Å². The van der Waals surface area contributed by atoms with Crippen molar-refractivity contribution >= 4 is 40.5 Å². The Kier molecular flexibility index (Phi) is 5.36. The largest absolute Gasteiger partial charge is 0.452 e. The maximum atomic E-state index is 11.9. The molecule has 0 aliphatic carbocycles. The van der Waals surface area contributed by atoms with Crippen LogP contribution in [-0.2, 0) is 20.7 Å². The first-order valence-corrected chi connectivity index (χ1v) is 7.58. The minimum Gasteiger partial charge on any atom is -0.452 e. The molecule has 0 spiro atoms. The average molecular weight is 324 g/mol. The molecule has 4 nitrogen and oxygen atoms in total. The summed E-state index contributed by atoms with van der Waals surface area (Å²) < 4.78 is 5.11. The van der Waals surface area contributed by atoms with Gasteiger partial charge in [0.25, 0.3) is 5.91 Å². The van der Waals surface area contributed by atoms with Crippen LogP contribution in [0.3, 0.4) is 0 Å². The average Bonchev–Trinajstić information content (AvgIpc) is 2.91. The van der Waals surface area contributed by atoms with Crippen molar-refractivity contribution in [2.24, 2.45) is 0 Å². The topological polar surface area (TPSA) is 55.4 Å². The summed E-state index contributed by atoms with van der Waals surface area (Å²) in [5.74, 6) is -0.817. The number of carbonyl (C=O) groups is 2. The lowest BCUT2D eigenvalue weighted by molar-refractivity contribution is -0.152. The van der Waals surface area contributed by atoms with Crippen molar-refractivity contribution < 1.29 is 14.3 Å². The number of amides is 1. The summed E-state index contributed by atoms with van der Waals surface area (Å²) in [6.45, 7) is 1.53. The molecule has 0 aliphatic heterocycles. The molecular formula is C15H14ClNO3S. The summed E-state index contributed by atoms with van der Waals surface area (Å²) in [7, 11) is 0. The molecule has 1 amide bonds. The molecule has 110 valence electrons. The van der Waals surface area contributed by atoms with Crippen molar-refractivity contribution in [3.8, 4) is 0 Å². The van der Waals surface area contributed by atoms with Crippen molar-refractivity contribution in [3.05, 3.63) is 51.7 Å². The number of thiophene rings is 1. The Balaban J connectivity index is 1.86. The molecule has 0 aliphatic rings. The van der Waals surface area contributed by atoms with Crippen LogP contribution < -0.4 is 5.32 Å². The Morgan fingerprint density at radius 2 is 2.14 bits per heavy atom. The third-order valence-corrected chi connectivity index (χ3v) is 3.78. The fourth-order valence-corrected chi connectivity index (χ4v) is 2.54. The monoisotopic (exact) mass is 323 g/mol. The quantitative estimate of drug-likeness (QED) is 0.857. The van der Waals surface area contributed by atoms with Crippen molar-refractivity contribution in [1.29, 1.82) is 0 Å². The summed E-state index contributed by atoms with van der Waals surface area (Å²) in [6.07, 6.45) is -0.691. The second kappa shape index (κ2) is 7.24. The van der Waals surface area contributed by atoms with E-state index in [2.05, 4.69) is 5.32 Å². The first-order valence-electron chi connectivity index (χ1n) is 6.33. The van der Waals surface area contributed by atoms with Gasteiger partial charge in [-0.15, -0.1) is 11.3 Å². The molecule has 0 fully saturated rings. The van der Waals surface area contributed by atoms with Gasteiger partial charge in [-0.1, -0.05) is 23.7 Å². The Hall–Kier alpha value is -1.85. The molecule has 0 radical (unpaired) electrons. The van der Waals surface area contributed by atoms with Crippen LogP contribution in [0.5, 0.6) is 0 Å². The van der Waals surface area contributed by atoms with Gasteiger partial charge in [-0.3, -0.25) is 9.59 Å². The maximum Gasteiger partial charge on any atom is 0.311 e. The van der Waals surface area contributed by atoms with E-state index in [4.69, 9.17) is 16.3 Å². The van der Waals surface area contributed by atoms with Crippen molar-refractivity contribution in [2.75, 3.05) is 5.32 Å². The second-order valence-electron chi connectivity index (χ2n) is 4.39. The van der Waals surface area contributed by atoms with E-state index < -0.39 is 18.0 Å². The number of rotatable bonds is 5. The van der Waals surface area contributed by atoms with E-state index in [0.717, 1.165) is 4.88 Å². The number of hydrogen-bond donors (Lipinski definition) is 1. The number of hydrogen-bond acceptors (Lipinski definition) is 4. The smallest absolute Gasteiger partial charge is 0.311 e. The van der Waals surface area contributed by atoms with Crippen LogP contribution in [0, 0.1) is 0 Å². The SMILES string of the molecule is C[C@H](OC(=O)Cc1cccs1)C(=O)Nc1cccc(Cl)c1. The molecule has 6 heteroatoms. The van der Waals surface area contributed by atoms with Crippen LogP contribution in [0.4, 0.5) is 5.69 Å². The summed E-state index contributed by atoms with van der Waals surface area (Å²) in [4.78, 5) is 24.6. The molecule has 1 aromatic carbocycles. The Morgan fingerprint density at radius 3 is 2.81 bits per heavy atom. The first kappa shape index (κ1) is 15.5. The fraction of sp³-hybridized carbons (Fsp3) is 0.200. The van der Waals surface area contributed by atoms with Gasteiger partial charge in [0, 0.05) is 15.6 Å². The highest BCUT2D eigenvalue weighted by molar-refractivity contribution is 7.10. The van der Waals surface area contributed by atoms with E-state index >= 15 is 0 Å². The Bertz CT molecular complexity index is 628. The van der Waals surface area contributed by atoms with Crippen molar-refractivity contribution in [1.82, 2.24) is 0 Å². The summed E-state index contributed by atoms with van der Waals surface area (Å²) >= 11 is 7.31. The van der Waals surface area contributed by atoms with Gasteiger partial charge in [0.1, 0.15) is 0 Å². The molecular weight excluding hydrogens is 310 g/mol. The predicted octanol–water partition coefficient (Wildman–Crippen LogP) is 3.51. The van der Waals surface area contributed by atoms with Crippen LogP contribution in [0.25, 0.3) is 0 Å². The molecule has 1 atom stereocenters. The van der Waals surface area contributed by atoms with Gasteiger partial charge in [0.15, 0.2) is 6.10 Å². The van der Waals surface area contributed by atoms with Gasteiger partial charge in [-0.2, -0.15) is 0 Å². The van der Waals surface area contributed by atoms with E-state index in [0.29, 0.717) is 10.7 Å². The zero-order valence-corrected chi connectivity index (χ0v) is 12.9. The minimum atomic E-state index is -0.864. The van der Waals surface area contributed by atoms with Gasteiger partial charge < -0.3 is 10.1 Å². The molecule has 2 aromatic rings. The van der Waals surface area contributed by atoms with Crippen LogP contribution in [0.1, 0.15) is 11.8 Å². The number of nitrogens with one attached hydrogen (secondary N) is 1. The molecule has 0 saturated heterocycles. The molecule has 1 N–H and O–H groups in total. The van der Waals surface area contributed by atoms with Gasteiger partial charge >= 0.3 is 5.97 Å². The second-order valence-corrected chi connectivity index (χ2v) is 5.86. The molecule has 1 heterocycles. The van der Waals surface area contributed by atoms with Crippen LogP contribution in [0.15, 0.2) is 41.8 Å². The van der Waals surface area contributed by atoms with Crippen LogP contribution in [0.2, 0.25) is 5.02 Å². The highest BCUT2D eigenvalue weighted by atomic mass is 35.5. The third-order valence-electron chi connectivity index (χ3n) is 2.67.